The molecule has 6 N–H and O–H groups in total. The maximum atomic E-state index is 13.4. The minimum Gasteiger partial charge on any atom is -0.508 e. The van der Waals surface area contributed by atoms with Crippen molar-refractivity contribution in [1.82, 2.24) is 0 Å². The molecule has 3 aliphatic carbocycles. The monoisotopic (exact) mass is 399 g/mol. The number of Topliss-reactive ketones (excluding diaryl/α,β-unsaturated/α-hetero) is 2. The maximum Gasteiger partial charge on any atom is 0.255 e. The fraction of sp³-hybridized carbons (Fsp3) is 0.381. The highest BCUT2D eigenvalue weighted by Gasteiger charge is 2.62. The summed E-state index contributed by atoms with van der Waals surface area (Å²) >= 11 is 0. The van der Waals surface area contributed by atoms with Crippen LogP contribution in [0.25, 0.3) is 5.76 Å². The zero-order valence-electron chi connectivity index (χ0n) is 15.9. The Hall–Kier alpha value is -3.13. The van der Waals surface area contributed by atoms with E-state index in [2.05, 4.69) is 0 Å². The molecular weight excluding hydrogens is 378 g/mol. The highest BCUT2D eigenvalue weighted by atomic mass is 16.3. The van der Waals surface area contributed by atoms with Gasteiger partial charge in [-0.15, -0.1) is 0 Å². The van der Waals surface area contributed by atoms with Gasteiger partial charge in [0.25, 0.3) is 5.91 Å². The van der Waals surface area contributed by atoms with Crippen LogP contribution in [-0.2, 0) is 19.8 Å². The van der Waals surface area contributed by atoms with Gasteiger partial charge in [-0.3, -0.25) is 14.4 Å². The number of hydrogen-bond acceptors (Lipinski definition) is 7. The molecule has 29 heavy (non-hydrogen) atoms. The van der Waals surface area contributed by atoms with Crippen LogP contribution >= 0.6 is 0 Å². The molecule has 1 aromatic carbocycles. The number of hydrogen-bond donors (Lipinski definition) is 5. The average molecular weight is 399 g/mol. The Morgan fingerprint density at radius 2 is 1.83 bits per heavy atom. The summed E-state index contributed by atoms with van der Waals surface area (Å²) in [5.41, 5.74) is 1.67. The van der Waals surface area contributed by atoms with Gasteiger partial charge in [-0.05, 0) is 23.5 Å². The summed E-state index contributed by atoms with van der Waals surface area (Å²) < 4.78 is 0. The molecule has 1 fully saturated rings. The lowest BCUT2D eigenvalue weighted by Crippen LogP contribution is -2.60. The van der Waals surface area contributed by atoms with Crippen LogP contribution < -0.4 is 5.73 Å². The Labute approximate surface area is 166 Å². The van der Waals surface area contributed by atoms with E-state index in [-0.39, 0.29) is 29.7 Å². The number of aliphatic hydroxyl groups excluding tert-OH is 2. The smallest absolute Gasteiger partial charge is 0.255 e. The maximum absolute atomic E-state index is 13.4. The fourth-order valence-corrected chi connectivity index (χ4v) is 5.13. The van der Waals surface area contributed by atoms with Crippen molar-refractivity contribution in [3.05, 3.63) is 46.2 Å². The lowest BCUT2D eigenvalue weighted by molar-refractivity contribution is -0.148. The van der Waals surface area contributed by atoms with Crippen LogP contribution in [0, 0.1) is 11.8 Å². The molecule has 0 aliphatic heterocycles. The largest absolute Gasteiger partial charge is 0.508 e. The molecule has 1 aromatic rings. The van der Waals surface area contributed by atoms with Gasteiger partial charge in [-0.1, -0.05) is 26.0 Å². The molecule has 8 heteroatoms. The number of phenolic OH excluding ortho intramolecular Hbond substituents is 1. The van der Waals surface area contributed by atoms with E-state index in [0.717, 1.165) is 0 Å². The molecule has 0 radical (unpaired) electrons. The number of ketones is 2. The molecule has 152 valence electrons. The third-order valence-corrected chi connectivity index (χ3v) is 6.70. The third-order valence-electron chi connectivity index (χ3n) is 6.70. The number of benzene rings is 1. The van der Waals surface area contributed by atoms with E-state index in [0.29, 0.717) is 5.56 Å². The van der Waals surface area contributed by atoms with Crippen molar-refractivity contribution in [3.63, 3.8) is 0 Å². The summed E-state index contributed by atoms with van der Waals surface area (Å²) in [5.74, 6) is -6.31. The number of carbonyl (C=O) groups is 3. The van der Waals surface area contributed by atoms with E-state index in [1.807, 2.05) is 13.8 Å². The van der Waals surface area contributed by atoms with Crippen molar-refractivity contribution < 1.29 is 34.8 Å². The molecule has 3 atom stereocenters. The van der Waals surface area contributed by atoms with Crippen LogP contribution in [0.5, 0.6) is 5.75 Å². The van der Waals surface area contributed by atoms with Gasteiger partial charge in [0, 0.05) is 23.8 Å². The van der Waals surface area contributed by atoms with E-state index in [9.17, 15) is 34.8 Å². The fourth-order valence-electron chi connectivity index (χ4n) is 5.13. The van der Waals surface area contributed by atoms with Gasteiger partial charge < -0.3 is 26.2 Å². The summed E-state index contributed by atoms with van der Waals surface area (Å²) in [6, 6.07) is 4.74. The SMILES string of the molecule is CC1(C)c2cccc(O)c2C(O)=C2C(=O)[C@]3(O)C(O)=C(C(N)=O)C(=O)C[C@@H]3C[C@@H]21. The van der Waals surface area contributed by atoms with Gasteiger partial charge in [-0.25, -0.2) is 0 Å². The number of nitrogens with two attached hydrogens (primary N) is 1. The molecule has 0 saturated heterocycles. The first-order valence-electron chi connectivity index (χ1n) is 9.23. The second-order valence-corrected chi connectivity index (χ2v) is 8.48. The van der Waals surface area contributed by atoms with E-state index in [4.69, 9.17) is 5.73 Å². The Morgan fingerprint density at radius 3 is 2.45 bits per heavy atom. The first kappa shape index (κ1) is 19.2. The highest BCUT2D eigenvalue weighted by molar-refractivity contribution is 6.22. The molecule has 4 rings (SSSR count). The van der Waals surface area contributed by atoms with Crippen molar-refractivity contribution in [2.24, 2.45) is 17.6 Å². The van der Waals surface area contributed by atoms with Crippen molar-refractivity contribution in [1.29, 1.82) is 0 Å². The molecule has 0 unspecified atom stereocenters. The van der Waals surface area contributed by atoms with Gasteiger partial charge in [0.2, 0.25) is 5.78 Å². The number of fused-ring (bicyclic) bond motifs is 3. The topological polar surface area (TPSA) is 158 Å². The van der Waals surface area contributed by atoms with Crippen molar-refractivity contribution >= 4 is 23.2 Å². The average Bonchev–Trinajstić information content (AvgIpc) is 2.62. The minimum absolute atomic E-state index is 0.0876. The second kappa shape index (κ2) is 5.70. The highest BCUT2D eigenvalue weighted by Crippen LogP contribution is 2.57. The zero-order chi connectivity index (χ0) is 21.5. The van der Waals surface area contributed by atoms with Crippen LogP contribution in [0.2, 0.25) is 0 Å². The van der Waals surface area contributed by atoms with Crippen LogP contribution in [0.4, 0.5) is 0 Å². The number of carbonyl (C=O) groups excluding carboxylic acids is 3. The predicted molar refractivity (Wildman–Crippen MR) is 101 cm³/mol. The third kappa shape index (κ3) is 2.20. The van der Waals surface area contributed by atoms with Crippen LogP contribution in [0.1, 0.15) is 37.8 Å². The van der Waals surface area contributed by atoms with Gasteiger partial charge >= 0.3 is 0 Å². The first-order valence-corrected chi connectivity index (χ1v) is 9.23. The summed E-state index contributed by atoms with van der Waals surface area (Å²) in [4.78, 5) is 37.4. The molecule has 1 amide bonds. The Bertz CT molecular complexity index is 1060. The minimum atomic E-state index is -2.55. The van der Waals surface area contributed by atoms with Gasteiger partial charge in [0.1, 0.15) is 22.8 Å². The molecule has 0 bridgehead atoms. The lowest BCUT2D eigenvalue weighted by Gasteiger charge is -2.51. The van der Waals surface area contributed by atoms with Crippen molar-refractivity contribution in [2.45, 2.75) is 37.7 Å². The number of aliphatic hydroxyl groups is 3. The lowest BCUT2D eigenvalue weighted by atomic mass is 9.53. The van der Waals surface area contributed by atoms with Crippen LogP contribution in [-0.4, -0.2) is 43.5 Å². The van der Waals surface area contributed by atoms with E-state index in [1.165, 1.54) is 6.07 Å². The first-order chi connectivity index (χ1) is 13.4. The molecule has 0 spiro atoms. The zero-order valence-corrected chi connectivity index (χ0v) is 15.9. The number of amides is 1. The van der Waals surface area contributed by atoms with E-state index < -0.39 is 57.4 Å². The van der Waals surface area contributed by atoms with Gasteiger partial charge in [-0.2, -0.15) is 0 Å². The van der Waals surface area contributed by atoms with E-state index in [1.54, 1.807) is 12.1 Å². The summed E-state index contributed by atoms with van der Waals surface area (Å²) in [6.07, 6.45) is -0.232. The van der Waals surface area contributed by atoms with Crippen molar-refractivity contribution in [3.8, 4) is 5.75 Å². The van der Waals surface area contributed by atoms with Gasteiger partial charge in [0.05, 0.1) is 5.56 Å². The van der Waals surface area contributed by atoms with Crippen LogP contribution in [0.15, 0.2) is 35.1 Å². The molecule has 8 nitrogen and oxygen atoms in total. The number of primary amides is 1. The second-order valence-electron chi connectivity index (χ2n) is 8.48. The van der Waals surface area contributed by atoms with Gasteiger partial charge in [0.15, 0.2) is 11.4 Å². The summed E-state index contributed by atoms with van der Waals surface area (Å²) in [7, 11) is 0. The summed E-state index contributed by atoms with van der Waals surface area (Å²) in [6.45, 7) is 3.68. The molecule has 0 heterocycles. The Balaban J connectivity index is 2.01. The quantitative estimate of drug-likeness (QED) is 0.443. The molecule has 0 aromatic heterocycles. The number of aromatic hydroxyl groups is 1. The van der Waals surface area contributed by atoms with Crippen LogP contribution in [0.3, 0.4) is 0 Å². The molecular formula is C21H21NO7. The number of rotatable bonds is 1. The van der Waals surface area contributed by atoms with Crippen molar-refractivity contribution in [2.75, 3.05) is 0 Å². The Kier molecular flexibility index (Phi) is 3.77. The summed E-state index contributed by atoms with van der Waals surface area (Å²) in [5, 5.41) is 42.9. The standard InChI is InChI=1S/C21H21NO7/c1-20(2)9-4-3-5-11(23)13(9)16(25)14-10(20)6-8-7-12(24)15(19(22)28)18(27)21(8,29)17(14)26/h3-5,8,10,23,25,27,29H,6-7H2,1-2H3,(H2,22,28)/t8-,10-,21-/m0/s1. The normalized spacial score (nSPS) is 30.6. The van der Waals surface area contributed by atoms with E-state index >= 15 is 0 Å². The number of phenols is 1. The Morgan fingerprint density at radius 1 is 1.17 bits per heavy atom. The molecule has 1 saturated carbocycles. The molecule has 3 aliphatic rings. The predicted octanol–water partition coefficient (Wildman–Crippen LogP) is 1.16.